The van der Waals surface area contributed by atoms with Crippen molar-refractivity contribution >= 4 is 34.1 Å². The van der Waals surface area contributed by atoms with E-state index in [0.717, 1.165) is 6.07 Å². The summed E-state index contributed by atoms with van der Waals surface area (Å²) in [6.07, 6.45) is 0. The van der Waals surface area contributed by atoms with Crippen molar-refractivity contribution in [3.63, 3.8) is 0 Å². The molecule has 0 radical (unpaired) electrons. The van der Waals surface area contributed by atoms with Crippen molar-refractivity contribution in [1.82, 2.24) is 9.78 Å². The van der Waals surface area contributed by atoms with Crippen molar-refractivity contribution in [2.75, 3.05) is 5.32 Å². The first kappa shape index (κ1) is 15.2. The number of aryl methyl sites for hydroxylation is 1. The molecule has 5 nitrogen and oxygen atoms in total. The minimum Gasteiger partial charge on any atom is -0.319 e. The van der Waals surface area contributed by atoms with Crippen LogP contribution in [-0.2, 0) is 7.05 Å². The van der Waals surface area contributed by atoms with E-state index >= 15 is 0 Å². The van der Waals surface area contributed by atoms with Gasteiger partial charge in [-0.25, -0.2) is 4.39 Å². The Morgan fingerprint density at radius 3 is 2.74 bits per heavy atom. The van der Waals surface area contributed by atoms with E-state index in [1.807, 2.05) is 0 Å². The van der Waals surface area contributed by atoms with Crippen LogP contribution in [0.15, 0.2) is 47.3 Å². The Morgan fingerprint density at radius 1 is 1.26 bits per heavy atom. The number of carbonyl (C=O) groups excluding carboxylic acids is 1. The Morgan fingerprint density at radius 2 is 2.00 bits per heavy atom. The van der Waals surface area contributed by atoms with E-state index in [-0.39, 0.29) is 11.1 Å². The maximum atomic E-state index is 13.4. The second-order valence-electron chi connectivity index (χ2n) is 4.90. The molecule has 116 valence electrons. The van der Waals surface area contributed by atoms with Gasteiger partial charge >= 0.3 is 0 Å². The Labute approximate surface area is 135 Å². The van der Waals surface area contributed by atoms with E-state index in [9.17, 15) is 14.0 Å². The first-order valence-electron chi connectivity index (χ1n) is 6.70. The van der Waals surface area contributed by atoms with Crippen molar-refractivity contribution in [1.29, 1.82) is 0 Å². The topological polar surface area (TPSA) is 64.0 Å². The number of nitrogens with zero attached hydrogens (tertiary/aromatic N) is 2. The number of amides is 1. The van der Waals surface area contributed by atoms with Gasteiger partial charge in [0.1, 0.15) is 5.82 Å². The highest BCUT2D eigenvalue weighted by Crippen LogP contribution is 2.21. The molecular weight excluding hydrogens is 321 g/mol. The minimum atomic E-state index is -0.704. The summed E-state index contributed by atoms with van der Waals surface area (Å²) in [6, 6.07) is 10.4. The molecule has 3 rings (SSSR count). The fourth-order valence-electron chi connectivity index (χ4n) is 2.24. The van der Waals surface area contributed by atoms with E-state index in [1.54, 1.807) is 31.3 Å². The molecule has 7 heteroatoms. The van der Waals surface area contributed by atoms with Crippen molar-refractivity contribution in [3.8, 4) is 0 Å². The van der Waals surface area contributed by atoms with Crippen LogP contribution in [0.1, 0.15) is 10.5 Å². The third-order valence-corrected chi connectivity index (χ3v) is 3.68. The quantitative estimate of drug-likeness (QED) is 0.785. The summed E-state index contributed by atoms with van der Waals surface area (Å²) in [7, 11) is 1.58. The lowest BCUT2D eigenvalue weighted by atomic mass is 10.2. The Kier molecular flexibility index (Phi) is 3.83. The number of halogens is 2. The van der Waals surface area contributed by atoms with Crippen molar-refractivity contribution in [3.05, 3.63) is 69.2 Å². The smallest absolute Gasteiger partial charge is 0.280 e. The minimum absolute atomic E-state index is 0.0896. The highest BCUT2D eigenvalue weighted by Gasteiger charge is 2.17. The summed E-state index contributed by atoms with van der Waals surface area (Å²) in [5, 5.41) is 6.94. The van der Waals surface area contributed by atoms with Crippen molar-refractivity contribution in [2.24, 2.45) is 7.05 Å². The molecule has 1 aromatic heterocycles. The summed E-state index contributed by atoms with van der Waals surface area (Å²) in [5.41, 5.74) is -0.166. The average Bonchev–Trinajstić information content (AvgIpc) is 2.53. The lowest BCUT2D eigenvalue weighted by Gasteiger charge is -2.09. The van der Waals surface area contributed by atoms with Gasteiger partial charge in [0.05, 0.1) is 21.6 Å². The molecule has 0 aliphatic carbocycles. The van der Waals surface area contributed by atoms with Gasteiger partial charge in [-0.1, -0.05) is 23.7 Å². The van der Waals surface area contributed by atoms with E-state index < -0.39 is 17.2 Å². The van der Waals surface area contributed by atoms with E-state index in [0.29, 0.717) is 16.2 Å². The van der Waals surface area contributed by atoms with Crippen LogP contribution in [0.2, 0.25) is 5.02 Å². The predicted octanol–water partition coefficient (Wildman–Crippen LogP) is 2.98. The number of nitrogens with one attached hydrogen (secondary N) is 1. The number of aromatic nitrogens is 2. The van der Waals surface area contributed by atoms with Crippen molar-refractivity contribution < 1.29 is 9.18 Å². The monoisotopic (exact) mass is 331 g/mol. The third-order valence-electron chi connectivity index (χ3n) is 3.35. The molecule has 3 aromatic rings. The first-order valence-corrected chi connectivity index (χ1v) is 7.07. The number of carbonyl (C=O) groups is 1. The van der Waals surface area contributed by atoms with Crippen LogP contribution < -0.4 is 10.7 Å². The Balaban J connectivity index is 2.09. The van der Waals surface area contributed by atoms with Gasteiger partial charge in [-0.2, -0.15) is 5.10 Å². The second-order valence-corrected chi connectivity index (χ2v) is 5.30. The fraction of sp³-hybridized carbons (Fsp3) is 0.0625. The van der Waals surface area contributed by atoms with Gasteiger partial charge in [-0.05, 0) is 30.3 Å². The number of fused-ring (bicyclic) bond motifs is 1. The van der Waals surface area contributed by atoms with Gasteiger partial charge in [0.15, 0.2) is 5.69 Å². The number of anilines is 1. The molecular formula is C16H11ClFN3O2. The number of rotatable bonds is 2. The maximum Gasteiger partial charge on any atom is 0.280 e. The molecule has 1 heterocycles. The molecule has 0 bridgehead atoms. The lowest BCUT2D eigenvalue weighted by Crippen LogP contribution is -2.26. The van der Waals surface area contributed by atoms with Crippen LogP contribution in [0.4, 0.5) is 10.1 Å². The number of para-hydroxylation sites is 1. The van der Waals surface area contributed by atoms with Gasteiger partial charge < -0.3 is 5.32 Å². The molecule has 0 atom stereocenters. The Hall–Kier alpha value is -2.73. The highest BCUT2D eigenvalue weighted by molar-refractivity contribution is 6.33. The molecule has 0 unspecified atom stereocenters. The predicted molar refractivity (Wildman–Crippen MR) is 86.3 cm³/mol. The fourth-order valence-corrected chi connectivity index (χ4v) is 2.42. The highest BCUT2D eigenvalue weighted by atomic mass is 35.5. The van der Waals surface area contributed by atoms with Gasteiger partial charge in [-0.15, -0.1) is 0 Å². The molecule has 0 saturated carbocycles. The SMILES string of the molecule is Cn1nc(C(=O)Nc2ccccc2Cl)c(=O)c2cc(F)ccc21. The molecule has 0 spiro atoms. The summed E-state index contributed by atoms with van der Waals surface area (Å²) in [6.45, 7) is 0. The summed E-state index contributed by atoms with van der Waals surface area (Å²) in [5.74, 6) is -1.26. The van der Waals surface area contributed by atoms with Crippen molar-refractivity contribution in [2.45, 2.75) is 0 Å². The molecule has 1 amide bonds. The molecule has 0 saturated heterocycles. The molecule has 23 heavy (non-hydrogen) atoms. The molecule has 0 aliphatic heterocycles. The van der Waals surface area contributed by atoms with Gasteiger partial charge in [0.2, 0.25) is 5.43 Å². The molecule has 2 aromatic carbocycles. The number of hydrogen-bond acceptors (Lipinski definition) is 3. The van der Waals surface area contributed by atoms with E-state index in [2.05, 4.69) is 10.4 Å². The van der Waals surface area contributed by atoms with Gasteiger partial charge in [0, 0.05) is 7.05 Å². The van der Waals surface area contributed by atoms with Crippen LogP contribution in [-0.4, -0.2) is 15.7 Å². The average molecular weight is 332 g/mol. The Bertz CT molecular complexity index is 985. The van der Waals surface area contributed by atoms with Crippen LogP contribution >= 0.6 is 11.6 Å². The summed E-state index contributed by atoms with van der Waals surface area (Å²) >= 11 is 5.97. The zero-order valence-corrected chi connectivity index (χ0v) is 12.8. The lowest BCUT2D eigenvalue weighted by molar-refractivity contribution is 0.101. The maximum absolute atomic E-state index is 13.4. The summed E-state index contributed by atoms with van der Waals surface area (Å²) in [4.78, 5) is 24.7. The van der Waals surface area contributed by atoms with Crippen LogP contribution in [0.25, 0.3) is 10.9 Å². The number of hydrogen-bond donors (Lipinski definition) is 1. The van der Waals surface area contributed by atoms with Crippen LogP contribution in [0, 0.1) is 5.82 Å². The molecule has 1 N–H and O–H groups in total. The van der Waals surface area contributed by atoms with E-state index in [4.69, 9.17) is 11.6 Å². The van der Waals surface area contributed by atoms with E-state index in [1.165, 1.54) is 16.8 Å². The first-order chi connectivity index (χ1) is 11.0. The molecule has 0 fully saturated rings. The summed E-state index contributed by atoms with van der Waals surface area (Å²) < 4.78 is 14.8. The van der Waals surface area contributed by atoms with Crippen LogP contribution in [0.3, 0.4) is 0 Å². The molecule has 0 aliphatic rings. The largest absolute Gasteiger partial charge is 0.319 e. The number of benzene rings is 2. The van der Waals surface area contributed by atoms with Crippen LogP contribution in [0.5, 0.6) is 0 Å². The van der Waals surface area contributed by atoms with Gasteiger partial charge in [-0.3, -0.25) is 14.3 Å². The third kappa shape index (κ3) is 2.80. The standard InChI is InChI=1S/C16H11ClFN3O2/c1-21-13-7-6-9(18)8-10(13)15(22)14(20-21)16(23)19-12-5-3-2-4-11(12)17/h2-8H,1H3,(H,19,23). The zero-order chi connectivity index (χ0) is 16.6. The second kappa shape index (κ2) is 5.81. The normalized spacial score (nSPS) is 10.7. The zero-order valence-electron chi connectivity index (χ0n) is 12.0. The van der Waals surface area contributed by atoms with Gasteiger partial charge in [0.25, 0.3) is 5.91 Å².